The Morgan fingerprint density at radius 3 is 2.03 bits per heavy atom. The van der Waals surface area contributed by atoms with Gasteiger partial charge in [0.15, 0.2) is 5.75 Å². The van der Waals surface area contributed by atoms with E-state index in [1.54, 1.807) is 41.5 Å². The van der Waals surface area contributed by atoms with Crippen LogP contribution in [0.25, 0.3) is 0 Å². The number of ether oxygens (including phenoxy) is 1. The van der Waals surface area contributed by atoms with Gasteiger partial charge in [-0.3, -0.25) is 23.7 Å². The molecule has 0 aromatic heterocycles. The van der Waals surface area contributed by atoms with Gasteiger partial charge in [-0.05, 0) is 85.3 Å². The summed E-state index contributed by atoms with van der Waals surface area (Å²) in [6.45, 7) is 10.9. The molecule has 0 heterocycles. The SMILES string of the molecule is CC(C)(C)OP(=O)(OC(C)(C)C)O[C@H]1CC[C@H](COc2ccc(S(N)(=O)=O)cc2[N+](=O)[O-])CC1. The number of hydrogen-bond donors (Lipinski definition) is 1. The number of rotatable bonds is 9. The molecule has 0 saturated heterocycles. The maximum atomic E-state index is 13.3. The van der Waals surface area contributed by atoms with Crippen LogP contribution in [0.2, 0.25) is 0 Å². The van der Waals surface area contributed by atoms with Crippen molar-refractivity contribution in [2.24, 2.45) is 11.1 Å². The van der Waals surface area contributed by atoms with Gasteiger partial charge in [-0.1, -0.05) is 0 Å². The molecule has 1 aromatic carbocycles. The third kappa shape index (κ3) is 9.24. The van der Waals surface area contributed by atoms with Crippen LogP contribution in [0.4, 0.5) is 5.69 Å². The minimum atomic E-state index is -4.07. The van der Waals surface area contributed by atoms with E-state index in [1.807, 2.05) is 0 Å². The average molecular weight is 523 g/mol. The second-order valence-corrected chi connectivity index (χ2v) is 13.4. The molecule has 11 nitrogen and oxygen atoms in total. The van der Waals surface area contributed by atoms with Crippen LogP contribution in [0.1, 0.15) is 67.2 Å². The zero-order chi connectivity index (χ0) is 25.9. The van der Waals surface area contributed by atoms with Gasteiger partial charge in [-0.2, -0.15) is 0 Å². The lowest BCUT2D eigenvalue weighted by Gasteiger charge is -2.35. The largest absolute Gasteiger partial charge is 0.487 e. The van der Waals surface area contributed by atoms with Crippen LogP contribution in [0.5, 0.6) is 5.75 Å². The summed E-state index contributed by atoms with van der Waals surface area (Å²) in [6, 6.07) is 3.29. The molecule has 0 amide bonds. The predicted molar refractivity (Wildman–Crippen MR) is 126 cm³/mol. The van der Waals surface area contributed by atoms with Crippen LogP contribution in [-0.4, -0.2) is 37.3 Å². The Morgan fingerprint density at radius 1 is 1.06 bits per heavy atom. The van der Waals surface area contributed by atoms with E-state index in [4.69, 9.17) is 23.4 Å². The molecule has 1 fully saturated rings. The van der Waals surface area contributed by atoms with Crippen LogP contribution < -0.4 is 9.88 Å². The quantitative estimate of drug-likeness (QED) is 0.269. The molecule has 34 heavy (non-hydrogen) atoms. The van der Waals surface area contributed by atoms with Crippen LogP contribution in [0, 0.1) is 16.0 Å². The van der Waals surface area contributed by atoms with E-state index < -0.39 is 39.7 Å². The van der Waals surface area contributed by atoms with Crippen molar-refractivity contribution in [1.29, 1.82) is 0 Å². The second-order valence-electron chi connectivity index (χ2n) is 10.3. The van der Waals surface area contributed by atoms with E-state index >= 15 is 0 Å². The number of sulfonamides is 1. The number of primary sulfonamides is 1. The van der Waals surface area contributed by atoms with Gasteiger partial charge >= 0.3 is 13.5 Å². The Bertz CT molecular complexity index is 1000. The van der Waals surface area contributed by atoms with Gasteiger partial charge in [0.1, 0.15) is 0 Å². The molecule has 0 atom stereocenters. The molecule has 0 radical (unpaired) electrons. The first-order chi connectivity index (χ1) is 15.4. The van der Waals surface area contributed by atoms with E-state index in [1.165, 1.54) is 12.1 Å². The van der Waals surface area contributed by atoms with Gasteiger partial charge in [0.2, 0.25) is 10.0 Å². The van der Waals surface area contributed by atoms with E-state index in [-0.39, 0.29) is 29.3 Å². The van der Waals surface area contributed by atoms with Crippen molar-refractivity contribution in [2.45, 2.75) is 89.4 Å². The van der Waals surface area contributed by atoms with Crippen molar-refractivity contribution in [1.82, 2.24) is 0 Å². The van der Waals surface area contributed by atoms with Gasteiger partial charge < -0.3 is 4.74 Å². The second kappa shape index (κ2) is 10.6. The molecule has 2 rings (SSSR count). The summed E-state index contributed by atoms with van der Waals surface area (Å²) in [5.41, 5.74) is -1.92. The maximum absolute atomic E-state index is 13.3. The Morgan fingerprint density at radius 2 is 1.59 bits per heavy atom. The fraction of sp³-hybridized carbons (Fsp3) is 0.714. The van der Waals surface area contributed by atoms with Gasteiger partial charge in [0, 0.05) is 6.07 Å². The van der Waals surface area contributed by atoms with Crippen molar-refractivity contribution in [3.63, 3.8) is 0 Å². The highest BCUT2D eigenvalue weighted by Gasteiger charge is 2.40. The monoisotopic (exact) mass is 522 g/mol. The number of nitro benzene ring substituents is 1. The first-order valence-corrected chi connectivity index (χ1v) is 14.0. The highest BCUT2D eigenvalue weighted by molar-refractivity contribution is 7.89. The number of nitrogens with zero attached hydrogens (tertiary/aromatic N) is 1. The zero-order valence-corrected chi connectivity index (χ0v) is 22.2. The summed E-state index contributed by atoms with van der Waals surface area (Å²) in [4.78, 5) is 10.3. The van der Waals surface area contributed by atoms with Gasteiger partial charge in [-0.25, -0.2) is 18.1 Å². The van der Waals surface area contributed by atoms with E-state index in [0.29, 0.717) is 25.7 Å². The topological polar surface area (TPSA) is 157 Å². The standard InChI is InChI=1S/C21H35N2O9PS/c1-20(2,3)31-33(26,32-21(4,5)6)30-16-9-7-15(8-10-16)14-29-19-12-11-17(34(22,27)28)13-18(19)23(24)25/h11-13,15-16H,7-10,14H2,1-6H3,(H2,22,27,28)/t15-,16-. The molecule has 0 unspecified atom stereocenters. The third-order valence-corrected chi connectivity index (χ3v) is 7.78. The van der Waals surface area contributed by atoms with Gasteiger partial charge in [-0.15, -0.1) is 0 Å². The Labute approximate surface area is 201 Å². The molecule has 13 heteroatoms. The van der Waals surface area contributed by atoms with Crippen LogP contribution >= 0.6 is 7.82 Å². The number of nitro groups is 1. The lowest BCUT2D eigenvalue weighted by atomic mass is 9.88. The normalized spacial score (nSPS) is 20.2. The van der Waals surface area contributed by atoms with E-state index in [0.717, 1.165) is 6.07 Å². The molecular formula is C21H35N2O9PS. The highest BCUT2D eigenvalue weighted by Crippen LogP contribution is 2.57. The molecule has 194 valence electrons. The fourth-order valence-corrected chi connectivity index (χ4v) is 6.04. The summed E-state index contributed by atoms with van der Waals surface area (Å²) >= 11 is 0. The first kappa shape index (κ1) is 28.7. The molecule has 0 spiro atoms. The Hall–Kier alpha value is -1.56. The molecule has 1 saturated carbocycles. The molecule has 2 N–H and O–H groups in total. The fourth-order valence-electron chi connectivity index (χ4n) is 3.47. The summed E-state index contributed by atoms with van der Waals surface area (Å²) in [7, 11) is -7.89. The van der Waals surface area contributed by atoms with Crippen molar-refractivity contribution < 1.29 is 36.2 Å². The summed E-state index contributed by atoms with van der Waals surface area (Å²) in [5.74, 6) is 0.0567. The minimum Gasteiger partial charge on any atom is -0.487 e. The number of benzene rings is 1. The molecule has 1 aliphatic carbocycles. The summed E-state index contributed by atoms with van der Waals surface area (Å²) < 4.78 is 59.1. The van der Waals surface area contributed by atoms with Crippen LogP contribution in [-0.2, 0) is 28.2 Å². The molecule has 1 aliphatic rings. The number of hydrogen-bond acceptors (Lipinski definition) is 9. The average Bonchev–Trinajstić information content (AvgIpc) is 2.63. The highest BCUT2D eigenvalue weighted by atomic mass is 32.2. The minimum absolute atomic E-state index is 0.0302. The summed E-state index contributed by atoms with van der Waals surface area (Å²) in [5, 5.41) is 16.4. The molecular weight excluding hydrogens is 487 g/mol. The Kier molecular flexibility index (Phi) is 8.93. The predicted octanol–water partition coefficient (Wildman–Crippen LogP) is 4.93. The first-order valence-electron chi connectivity index (χ1n) is 11.0. The zero-order valence-electron chi connectivity index (χ0n) is 20.5. The molecule has 0 bridgehead atoms. The Balaban J connectivity index is 1.99. The maximum Gasteiger partial charge on any atom is 0.476 e. The number of phosphoric ester groups is 1. The van der Waals surface area contributed by atoms with Crippen molar-refractivity contribution in [3.8, 4) is 5.75 Å². The van der Waals surface area contributed by atoms with Crippen molar-refractivity contribution >= 4 is 23.5 Å². The molecule has 0 aliphatic heterocycles. The smallest absolute Gasteiger partial charge is 0.476 e. The molecule has 1 aromatic rings. The third-order valence-electron chi connectivity index (χ3n) is 4.77. The van der Waals surface area contributed by atoms with Gasteiger partial charge in [0.25, 0.3) is 0 Å². The van der Waals surface area contributed by atoms with Crippen LogP contribution in [0.15, 0.2) is 23.1 Å². The van der Waals surface area contributed by atoms with Crippen molar-refractivity contribution in [2.75, 3.05) is 6.61 Å². The van der Waals surface area contributed by atoms with Crippen molar-refractivity contribution in [3.05, 3.63) is 28.3 Å². The van der Waals surface area contributed by atoms with Gasteiger partial charge in [0.05, 0.1) is 33.7 Å². The van der Waals surface area contributed by atoms with Crippen LogP contribution in [0.3, 0.4) is 0 Å². The summed E-state index contributed by atoms with van der Waals surface area (Å²) in [6.07, 6.45) is 2.21. The van der Waals surface area contributed by atoms with E-state index in [9.17, 15) is 23.1 Å². The van der Waals surface area contributed by atoms with E-state index in [2.05, 4.69) is 0 Å². The lowest BCUT2D eigenvalue weighted by molar-refractivity contribution is -0.386. The number of phosphoric acid groups is 1. The lowest BCUT2D eigenvalue weighted by Crippen LogP contribution is -2.29. The number of nitrogens with two attached hydrogens (primary N) is 1.